The molecule has 1 atom stereocenters. The molecule has 2 aromatic heterocycles. The van der Waals surface area contributed by atoms with E-state index in [1.54, 1.807) is 13.0 Å². The third-order valence-electron chi connectivity index (χ3n) is 5.19. The molecule has 9 nitrogen and oxygen atoms in total. The summed E-state index contributed by atoms with van der Waals surface area (Å²) in [4.78, 5) is 26.6. The SMILES string of the molecule is Cc1c(C(=O)NC(CN2CCOCC2)c2ccccc2)cnn1-c1ccc(=O)[nH]n1. The Labute approximate surface area is 173 Å². The van der Waals surface area contributed by atoms with Crippen LogP contribution in [0.15, 0.2) is 53.5 Å². The molecule has 0 saturated carbocycles. The summed E-state index contributed by atoms with van der Waals surface area (Å²) >= 11 is 0. The standard InChI is InChI=1S/C21H24N6O3/c1-15-17(13-22-27(15)19-7-8-20(28)25-24-19)21(29)23-18(16-5-3-2-4-6-16)14-26-9-11-30-12-10-26/h2-8,13,18H,9-12,14H2,1H3,(H,23,29)(H,25,28). The lowest BCUT2D eigenvalue weighted by atomic mass is 10.1. The predicted molar refractivity (Wildman–Crippen MR) is 111 cm³/mol. The summed E-state index contributed by atoms with van der Waals surface area (Å²) in [6.07, 6.45) is 1.52. The third-order valence-corrected chi connectivity index (χ3v) is 5.19. The number of nitrogens with one attached hydrogen (secondary N) is 2. The molecule has 9 heteroatoms. The molecule has 1 saturated heterocycles. The van der Waals surface area contributed by atoms with Crippen LogP contribution in [-0.4, -0.2) is 63.6 Å². The first kappa shape index (κ1) is 20.0. The molecular weight excluding hydrogens is 384 g/mol. The van der Waals surface area contributed by atoms with E-state index in [0.29, 0.717) is 36.8 Å². The van der Waals surface area contributed by atoms with E-state index in [-0.39, 0.29) is 17.5 Å². The Bertz CT molecular complexity index is 1040. The van der Waals surface area contributed by atoms with Crippen molar-refractivity contribution in [2.75, 3.05) is 32.8 Å². The number of aromatic nitrogens is 4. The molecule has 0 radical (unpaired) electrons. The van der Waals surface area contributed by atoms with Crippen LogP contribution >= 0.6 is 0 Å². The molecule has 156 valence electrons. The van der Waals surface area contributed by atoms with Gasteiger partial charge in [-0.1, -0.05) is 30.3 Å². The lowest BCUT2D eigenvalue weighted by Crippen LogP contribution is -2.43. The summed E-state index contributed by atoms with van der Waals surface area (Å²) in [6, 6.07) is 12.7. The van der Waals surface area contributed by atoms with E-state index in [9.17, 15) is 9.59 Å². The van der Waals surface area contributed by atoms with E-state index in [0.717, 1.165) is 18.7 Å². The second-order valence-corrected chi connectivity index (χ2v) is 7.18. The fourth-order valence-corrected chi connectivity index (χ4v) is 3.52. The zero-order valence-electron chi connectivity index (χ0n) is 16.7. The Morgan fingerprint density at radius 2 is 1.97 bits per heavy atom. The van der Waals surface area contributed by atoms with Crippen LogP contribution in [0.25, 0.3) is 5.82 Å². The van der Waals surface area contributed by atoms with E-state index in [1.807, 2.05) is 30.3 Å². The number of carbonyl (C=O) groups is 1. The first-order valence-electron chi connectivity index (χ1n) is 9.88. The molecule has 3 aromatic rings. The maximum absolute atomic E-state index is 13.1. The summed E-state index contributed by atoms with van der Waals surface area (Å²) in [5.74, 6) is 0.240. The molecule has 3 heterocycles. The summed E-state index contributed by atoms with van der Waals surface area (Å²) in [5.41, 5.74) is 1.86. The van der Waals surface area contributed by atoms with E-state index in [1.165, 1.54) is 16.9 Å². The molecule has 0 aliphatic carbocycles. The zero-order valence-corrected chi connectivity index (χ0v) is 16.7. The Balaban J connectivity index is 1.55. The lowest BCUT2D eigenvalue weighted by Gasteiger charge is -2.31. The highest BCUT2D eigenvalue weighted by atomic mass is 16.5. The molecule has 1 unspecified atom stereocenters. The van der Waals surface area contributed by atoms with Crippen LogP contribution < -0.4 is 10.9 Å². The monoisotopic (exact) mass is 408 g/mol. The largest absolute Gasteiger partial charge is 0.379 e. The molecule has 4 rings (SSSR count). The Morgan fingerprint density at radius 3 is 2.67 bits per heavy atom. The maximum Gasteiger partial charge on any atom is 0.264 e. The number of aromatic amines is 1. The number of hydrogen-bond acceptors (Lipinski definition) is 6. The molecule has 0 bridgehead atoms. The second-order valence-electron chi connectivity index (χ2n) is 7.18. The molecule has 0 spiro atoms. The molecule has 1 aliphatic heterocycles. The number of hydrogen-bond donors (Lipinski definition) is 2. The number of rotatable bonds is 6. The Kier molecular flexibility index (Phi) is 6.01. The first-order valence-corrected chi connectivity index (χ1v) is 9.88. The average molecular weight is 408 g/mol. The van der Waals surface area contributed by atoms with Gasteiger partial charge in [0.1, 0.15) is 0 Å². The molecule has 1 aliphatic rings. The summed E-state index contributed by atoms with van der Waals surface area (Å²) in [7, 11) is 0. The second kappa shape index (κ2) is 9.02. The van der Waals surface area contributed by atoms with Gasteiger partial charge in [-0.25, -0.2) is 9.78 Å². The van der Waals surface area contributed by atoms with Crippen molar-refractivity contribution in [1.82, 2.24) is 30.2 Å². The molecule has 1 amide bonds. The number of amides is 1. The van der Waals surface area contributed by atoms with E-state index < -0.39 is 0 Å². The van der Waals surface area contributed by atoms with Gasteiger partial charge in [0, 0.05) is 25.7 Å². The Morgan fingerprint density at radius 1 is 1.20 bits per heavy atom. The molecule has 1 fully saturated rings. The number of morpholine rings is 1. The quantitative estimate of drug-likeness (QED) is 0.632. The van der Waals surface area contributed by atoms with Crippen LogP contribution in [0, 0.1) is 6.92 Å². The van der Waals surface area contributed by atoms with Crippen molar-refractivity contribution >= 4 is 5.91 Å². The van der Waals surface area contributed by atoms with Crippen molar-refractivity contribution in [3.05, 3.63) is 75.8 Å². The summed E-state index contributed by atoms with van der Waals surface area (Å²) in [6.45, 7) is 5.59. The fourth-order valence-electron chi connectivity index (χ4n) is 3.52. The van der Waals surface area contributed by atoms with Crippen molar-refractivity contribution in [3.63, 3.8) is 0 Å². The summed E-state index contributed by atoms with van der Waals surface area (Å²) in [5, 5.41) is 13.8. The topological polar surface area (TPSA) is 105 Å². The highest BCUT2D eigenvalue weighted by molar-refractivity contribution is 5.95. The van der Waals surface area contributed by atoms with Crippen molar-refractivity contribution < 1.29 is 9.53 Å². The first-order chi connectivity index (χ1) is 14.6. The molecule has 2 N–H and O–H groups in total. The van der Waals surface area contributed by atoms with Crippen molar-refractivity contribution in [2.45, 2.75) is 13.0 Å². The highest BCUT2D eigenvalue weighted by Gasteiger charge is 2.23. The minimum absolute atomic E-state index is 0.161. The van der Waals surface area contributed by atoms with E-state index in [4.69, 9.17) is 4.74 Å². The zero-order chi connectivity index (χ0) is 20.9. The van der Waals surface area contributed by atoms with Crippen molar-refractivity contribution in [3.8, 4) is 5.82 Å². The minimum Gasteiger partial charge on any atom is -0.379 e. The van der Waals surface area contributed by atoms with Gasteiger partial charge in [0.25, 0.3) is 11.5 Å². The van der Waals surface area contributed by atoms with Crippen LogP contribution in [0.5, 0.6) is 0 Å². The molecule has 30 heavy (non-hydrogen) atoms. The normalized spacial score (nSPS) is 15.6. The van der Waals surface area contributed by atoms with E-state index in [2.05, 4.69) is 25.5 Å². The molecule has 1 aromatic carbocycles. The maximum atomic E-state index is 13.1. The van der Waals surface area contributed by atoms with Gasteiger partial charge < -0.3 is 10.1 Å². The van der Waals surface area contributed by atoms with Gasteiger partial charge in [-0.2, -0.15) is 10.2 Å². The van der Waals surface area contributed by atoms with E-state index >= 15 is 0 Å². The van der Waals surface area contributed by atoms with Gasteiger partial charge in [-0.3, -0.25) is 14.5 Å². The number of ether oxygens (including phenoxy) is 1. The van der Waals surface area contributed by atoms with Crippen LogP contribution in [0.3, 0.4) is 0 Å². The lowest BCUT2D eigenvalue weighted by molar-refractivity contribution is 0.0332. The van der Waals surface area contributed by atoms with Gasteiger partial charge >= 0.3 is 0 Å². The van der Waals surface area contributed by atoms with Gasteiger partial charge in [0.2, 0.25) is 0 Å². The minimum atomic E-state index is -0.296. The number of H-pyrrole nitrogens is 1. The predicted octanol–water partition coefficient (Wildman–Crippen LogP) is 1.07. The van der Waals surface area contributed by atoms with Gasteiger partial charge in [-0.05, 0) is 18.6 Å². The van der Waals surface area contributed by atoms with Crippen LogP contribution in [0.1, 0.15) is 27.7 Å². The smallest absolute Gasteiger partial charge is 0.264 e. The average Bonchev–Trinajstić information content (AvgIpc) is 3.16. The summed E-state index contributed by atoms with van der Waals surface area (Å²) < 4.78 is 6.97. The third kappa shape index (κ3) is 4.47. The van der Waals surface area contributed by atoms with Gasteiger partial charge in [0.05, 0.1) is 36.7 Å². The fraction of sp³-hybridized carbons (Fsp3) is 0.333. The number of benzene rings is 1. The van der Waals surface area contributed by atoms with Crippen molar-refractivity contribution in [1.29, 1.82) is 0 Å². The van der Waals surface area contributed by atoms with Crippen molar-refractivity contribution in [2.24, 2.45) is 0 Å². The van der Waals surface area contributed by atoms with Gasteiger partial charge in [0.15, 0.2) is 5.82 Å². The van der Waals surface area contributed by atoms with Crippen LogP contribution in [0.2, 0.25) is 0 Å². The van der Waals surface area contributed by atoms with Crippen LogP contribution in [-0.2, 0) is 4.74 Å². The van der Waals surface area contributed by atoms with Gasteiger partial charge in [-0.15, -0.1) is 0 Å². The molecular formula is C21H24N6O3. The number of nitrogens with zero attached hydrogens (tertiary/aromatic N) is 4. The Hall–Kier alpha value is -3.30. The van der Waals surface area contributed by atoms with Crippen LogP contribution in [0.4, 0.5) is 0 Å². The highest BCUT2D eigenvalue weighted by Crippen LogP contribution is 2.18. The number of carbonyl (C=O) groups excluding carboxylic acids is 1.